The van der Waals surface area contributed by atoms with E-state index in [1.807, 2.05) is 26.0 Å². The quantitative estimate of drug-likeness (QED) is 0.329. The van der Waals surface area contributed by atoms with Crippen molar-refractivity contribution in [1.29, 1.82) is 0 Å². The molecule has 1 heterocycles. The standard InChI is InChI=1S/C22H24Cl2F3NO3/c1-3-16-13-18(29-11-8-19(23)24)12-15(2)21(16)31-10-5-4-9-30-20-7-6-17(14-28-20)22(25,26)27/h6-8,12-14H,3-5,9-11H2,1-2H3. The Bertz CT molecular complexity index is 868. The molecule has 1 aromatic carbocycles. The van der Waals surface area contributed by atoms with Crippen molar-refractivity contribution in [3.8, 4) is 17.4 Å². The van der Waals surface area contributed by atoms with Gasteiger partial charge >= 0.3 is 6.18 Å². The van der Waals surface area contributed by atoms with Crippen LogP contribution in [0, 0.1) is 6.92 Å². The molecular weight excluding hydrogens is 454 g/mol. The number of hydrogen-bond acceptors (Lipinski definition) is 4. The number of nitrogens with zero attached hydrogens (tertiary/aromatic N) is 1. The van der Waals surface area contributed by atoms with Crippen LogP contribution in [0.4, 0.5) is 13.2 Å². The van der Waals surface area contributed by atoms with Crippen molar-refractivity contribution in [1.82, 2.24) is 4.98 Å². The lowest BCUT2D eigenvalue weighted by atomic mass is 10.1. The highest BCUT2D eigenvalue weighted by Crippen LogP contribution is 2.30. The molecule has 0 N–H and O–H groups in total. The number of alkyl halides is 3. The highest BCUT2D eigenvalue weighted by atomic mass is 35.5. The Morgan fingerprint density at radius 1 is 1.06 bits per heavy atom. The highest BCUT2D eigenvalue weighted by molar-refractivity contribution is 6.55. The van der Waals surface area contributed by atoms with Gasteiger partial charge in [0.05, 0.1) is 18.8 Å². The third-order valence-corrected chi connectivity index (χ3v) is 4.60. The van der Waals surface area contributed by atoms with Gasteiger partial charge in [-0.15, -0.1) is 0 Å². The van der Waals surface area contributed by atoms with Crippen molar-refractivity contribution in [3.63, 3.8) is 0 Å². The zero-order valence-corrected chi connectivity index (χ0v) is 18.8. The average molecular weight is 478 g/mol. The predicted octanol–water partition coefficient (Wildman–Crippen LogP) is 6.91. The molecule has 2 aromatic rings. The fourth-order valence-electron chi connectivity index (χ4n) is 2.75. The van der Waals surface area contributed by atoms with E-state index < -0.39 is 11.7 Å². The third-order valence-electron chi connectivity index (χ3n) is 4.29. The molecule has 0 fully saturated rings. The molecule has 0 aliphatic carbocycles. The molecule has 4 nitrogen and oxygen atoms in total. The lowest BCUT2D eigenvalue weighted by molar-refractivity contribution is -0.137. The number of ether oxygens (including phenoxy) is 3. The van der Waals surface area contributed by atoms with Gasteiger partial charge in [0.2, 0.25) is 5.88 Å². The molecule has 2 rings (SSSR count). The molecular formula is C22H24Cl2F3NO3. The maximum absolute atomic E-state index is 12.5. The Hall–Kier alpha value is -2.12. The molecule has 0 atom stereocenters. The van der Waals surface area contributed by atoms with Crippen molar-refractivity contribution < 1.29 is 27.4 Å². The normalized spacial score (nSPS) is 11.2. The Morgan fingerprint density at radius 2 is 1.77 bits per heavy atom. The molecule has 0 saturated carbocycles. The average Bonchev–Trinajstić information content (AvgIpc) is 2.70. The first kappa shape index (κ1) is 25.1. The van der Waals surface area contributed by atoms with E-state index in [1.165, 1.54) is 6.07 Å². The van der Waals surface area contributed by atoms with Crippen LogP contribution in [0.15, 0.2) is 41.0 Å². The molecule has 170 valence electrons. The van der Waals surface area contributed by atoms with E-state index in [0.717, 1.165) is 42.0 Å². The van der Waals surface area contributed by atoms with Crippen LogP contribution in [-0.4, -0.2) is 24.8 Å². The van der Waals surface area contributed by atoms with Crippen molar-refractivity contribution in [2.24, 2.45) is 0 Å². The van der Waals surface area contributed by atoms with Gasteiger partial charge in [0.1, 0.15) is 22.6 Å². The Balaban J connectivity index is 1.78. The maximum atomic E-state index is 12.5. The first-order valence-corrected chi connectivity index (χ1v) is 10.5. The number of aromatic nitrogens is 1. The van der Waals surface area contributed by atoms with Gasteiger partial charge in [0.25, 0.3) is 0 Å². The minimum absolute atomic E-state index is 0.158. The first-order valence-electron chi connectivity index (χ1n) is 9.77. The van der Waals surface area contributed by atoms with Crippen molar-refractivity contribution in [2.45, 2.75) is 39.3 Å². The number of rotatable bonds is 11. The lowest BCUT2D eigenvalue weighted by Crippen LogP contribution is -2.07. The molecule has 0 saturated heterocycles. The summed E-state index contributed by atoms with van der Waals surface area (Å²) in [6.45, 7) is 5.09. The first-order chi connectivity index (χ1) is 14.7. The van der Waals surface area contributed by atoms with Crippen LogP contribution < -0.4 is 14.2 Å². The molecule has 0 aliphatic heterocycles. The molecule has 0 unspecified atom stereocenters. The van der Waals surface area contributed by atoms with E-state index in [1.54, 1.807) is 6.08 Å². The van der Waals surface area contributed by atoms with Crippen LogP contribution >= 0.6 is 23.2 Å². The van der Waals surface area contributed by atoms with Gasteiger partial charge < -0.3 is 14.2 Å². The minimum atomic E-state index is -4.41. The fourth-order valence-corrected chi connectivity index (χ4v) is 2.88. The summed E-state index contributed by atoms with van der Waals surface area (Å²) in [5.41, 5.74) is 1.19. The Labute approximate surface area is 189 Å². The molecule has 1 aromatic heterocycles. The van der Waals surface area contributed by atoms with Crippen LogP contribution in [0.1, 0.15) is 36.5 Å². The summed E-state index contributed by atoms with van der Waals surface area (Å²) in [4.78, 5) is 3.68. The van der Waals surface area contributed by atoms with Crippen molar-refractivity contribution in [3.05, 3.63) is 57.7 Å². The fraction of sp³-hybridized carbons (Fsp3) is 0.409. The van der Waals surface area contributed by atoms with Gasteiger partial charge in [0.15, 0.2) is 0 Å². The van der Waals surface area contributed by atoms with E-state index in [9.17, 15) is 13.2 Å². The third kappa shape index (κ3) is 8.50. The smallest absolute Gasteiger partial charge is 0.417 e. The second-order valence-electron chi connectivity index (χ2n) is 6.67. The maximum Gasteiger partial charge on any atom is 0.417 e. The van der Waals surface area contributed by atoms with Gasteiger partial charge in [-0.2, -0.15) is 13.2 Å². The second-order valence-corrected chi connectivity index (χ2v) is 7.68. The SMILES string of the molecule is CCc1cc(OCC=C(Cl)Cl)cc(C)c1OCCCCOc1ccc(C(F)(F)F)cn1. The zero-order valence-electron chi connectivity index (χ0n) is 17.3. The number of aryl methyl sites for hydroxylation is 2. The number of halogens is 5. The van der Waals surface area contributed by atoms with Crippen LogP contribution in [0.3, 0.4) is 0 Å². The summed E-state index contributed by atoms with van der Waals surface area (Å²) in [5.74, 6) is 1.70. The summed E-state index contributed by atoms with van der Waals surface area (Å²) in [6.07, 6.45) is 0.106. The monoisotopic (exact) mass is 477 g/mol. The molecule has 31 heavy (non-hydrogen) atoms. The summed E-state index contributed by atoms with van der Waals surface area (Å²) in [7, 11) is 0. The topological polar surface area (TPSA) is 40.6 Å². The van der Waals surface area contributed by atoms with Crippen LogP contribution in [0.25, 0.3) is 0 Å². The Kier molecular flexibility index (Phi) is 9.78. The van der Waals surface area contributed by atoms with E-state index in [0.29, 0.717) is 25.4 Å². The van der Waals surface area contributed by atoms with Crippen molar-refractivity contribution >= 4 is 23.2 Å². The largest absolute Gasteiger partial charge is 0.493 e. The molecule has 9 heteroatoms. The van der Waals surface area contributed by atoms with E-state index in [4.69, 9.17) is 37.4 Å². The summed E-state index contributed by atoms with van der Waals surface area (Å²) in [6, 6.07) is 5.99. The Morgan fingerprint density at radius 3 is 2.35 bits per heavy atom. The number of hydrogen-bond donors (Lipinski definition) is 0. The van der Waals surface area contributed by atoms with Gasteiger partial charge in [-0.05, 0) is 61.6 Å². The predicted molar refractivity (Wildman–Crippen MR) is 115 cm³/mol. The van der Waals surface area contributed by atoms with Crippen LogP contribution in [-0.2, 0) is 12.6 Å². The summed E-state index contributed by atoms with van der Waals surface area (Å²) < 4.78 is 54.7. The van der Waals surface area contributed by atoms with E-state index >= 15 is 0 Å². The van der Waals surface area contributed by atoms with Crippen molar-refractivity contribution in [2.75, 3.05) is 19.8 Å². The highest BCUT2D eigenvalue weighted by Gasteiger charge is 2.30. The minimum Gasteiger partial charge on any atom is -0.493 e. The van der Waals surface area contributed by atoms with E-state index in [2.05, 4.69) is 4.98 Å². The summed E-state index contributed by atoms with van der Waals surface area (Å²) in [5, 5.41) is 0. The van der Waals surface area contributed by atoms with Crippen LogP contribution in [0.5, 0.6) is 17.4 Å². The number of unbranched alkanes of at least 4 members (excludes halogenated alkanes) is 1. The van der Waals surface area contributed by atoms with Gasteiger partial charge in [-0.25, -0.2) is 4.98 Å². The molecule has 0 radical (unpaired) electrons. The van der Waals surface area contributed by atoms with Gasteiger partial charge in [0, 0.05) is 12.3 Å². The molecule has 0 bridgehead atoms. The summed E-state index contributed by atoms with van der Waals surface area (Å²) >= 11 is 11.2. The molecule has 0 spiro atoms. The van der Waals surface area contributed by atoms with Gasteiger partial charge in [-0.1, -0.05) is 30.1 Å². The lowest BCUT2D eigenvalue weighted by Gasteiger charge is -2.16. The second kappa shape index (κ2) is 12.1. The van der Waals surface area contributed by atoms with Crippen LogP contribution in [0.2, 0.25) is 0 Å². The zero-order chi connectivity index (χ0) is 22.9. The number of pyridine rings is 1. The van der Waals surface area contributed by atoms with Gasteiger partial charge in [-0.3, -0.25) is 0 Å². The van der Waals surface area contributed by atoms with E-state index in [-0.39, 0.29) is 17.0 Å². The molecule has 0 aliphatic rings. The molecule has 0 amide bonds. The number of benzene rings is 1.